The van der Waals surface area contributed by atoms with Crippen molar-refractivity contribution in [3.8, 4) is 0 Å². The number of carboxylic acid groups (broad SMARTS) is 1. The Morgan fingerprint density at radius 3 is 1.47 bits per heavy atom. The number of phosphoric ester groups is 1. The Bertz CT molecular complexity index is 1200. The second-order valence-corrected chi connectivity index (χ2v) is 15.9. The Morgan fingerprint density at radius 2 is 0.982 bits per heavy atom. The van der Waals surface area contributed by atoms with Crippen molar-refractivity contribution in [3.63, 3.8) is 0 Å². The van der Waals surface area contributed by atoms with E-state index < -0.39 is 51.1 Å². The van der Waals surface area contributed by atoms with Gasteiger partial charge in [0.05, 0.1) is 13.2 Å². The van der Waals surface area contributed by atoms with Crippen LogP contribution in [0.4, 0.5) is 0 Å². The molecule has 0 aliphatic heterocycles. The van der Waals surface area contributed by atoms with Gasteiger partial charge in [0.25, 0.3) is 0 Å². The van der Waals surface area contributed by atoms with Crippen LogP contribution in [0.1, 0.15) is 174 Å². The number of carboxylic acids is 1. The van der Waals surface area contributed by atoms with Gasteiger partial charge in [-0.2, -0.15) is 0 Å². The number of nitrogens with two attached hydrogens (primary N) is 1. The van der Waals surface area contributed by atoms with Crippen LogP contribution >= 0.6 is 7.82 Å². The van der Waals surface area contributed by atoms with Crippen molar-refractivity contribution in [1.82, 2.24) is 0 Å². The zero-order valence-electron chi connectivity index (χ0n) is 35.4. The molecule has 0 bridgehead atoms. The van der Waals surface area contributed by atoms with Crippen molar-refractivity contribution < 1.29 is 47.5 Å². The molecule has 0 aromatic rings. The van der Waals surface area contributed by atoms with Gasteiger partial charge in [-0.15, -0.1) is 0 Å². The second kappa shape index (κ2) is 40.0. The van der Waals surface area contributed by atoms with Crippen molar-refractivity contribution >= 4 is 25.7 Å². The summed E-state index contributed by atoms with van der Waals surface area (Å²) in [6.45, 7) is 2.64. The number of hydrogen-bond donors (Lipinski definition) is 3. The third kappa shape index (κ3) is 39.8. The van der Waals surface area contributed by atoms with Gasteiger partial charge in [0.15, 0.2) is 6.10 Å². The molecular formula is C45H78NO10P. The van der Waals surface area contributed by atoms with Gasteiger partial charge in [0, 0.05) is 12.8 Å². The Hall–Kier alpha value is -2.82. The molecule has 0 aromatic heterocycles. The molecule has 328 valence electrons. The Kier molecular flexibility index (Phi) is 38.0. The molecule has 11 nitrogen and oxygen atoms in total. The highest BCUT2D eigenvalue weighted by molar-refractivity contribution is 7.47. The van der Waals surface area contributed by atoms with E-state index in [-0.39, 0.29) is 19.4 Å². The molecule has 0 aliphatic rings. The van der Waals surface area contributed by atoms with Crippen molar-refractivity contribution in [2.45, 2.75) is 187 Å². The summed E-state index contributed by atoms with van der Waals surface area (Å²) in [6.07, 6.45) is 45.7. The predicted molar refractivity (Wildman–Crippen MR) is 231 cm³/mol. The molecule has 57 heavy (non-hydrogen) atoms. The lowest BCUT2D eigenvalue weighted by Crippen LogP contribution is -2.34. The van der Waals surface area contributed by atoms with Gasteiger partial charge in [-0.05, 0) is 77.0 Å². The van der Waals surface area contributed by atoms with Crippen LogP contribution in [0.5, 0.6) is 0 Å². The van der Waals surface area contributed by atoms with E-state index in [2.05, 4.69) is 79.1 Å². The summed E-state index contributed by atoms with van der Waals surface area (Å²) in [5, 5.41) is 8.89. The van der Waals surface area contributed by atoms with Crippen LogP contribution in [0.3, 0.4) is 0 Å². The first-order chi connectivity index (χ1) is 27.6. The van der Waals surface area contributed by atoms with Crippen LogP contribution in [-0.4, -0.2) is 59.9 Å². The Morgan fingerprint density at radius 1 is 0.561 bits per heavy atom. The molecule has 0 rings (SSSR count). The lowest BCUT2D eigenvalue weighted by Gasteiger charge is -2.20. The van der Waals surface area contributed by atoms with Gasteiger partial charge in [0.1, 0.15) is 12.6 Å². The molecule has 0 aliphatic carbocycles. The number of hydrogen-bond acceptors (Lipinski definition) is 9. The highest BCUT2D eigenvalue weighted by atomic mass is 31.2. The SMILES string of the molecule is CC/C=C\C/C=C\C/C=C\CCCCCCCC(=O)OC(COC(=O)CCCCCCCCC/C=C\C/C=C\CCCCCC)COP(=O)(O)OCC(N)C(=O)O. The monoisotopic (exact) mass is 824 g/mol. The highest BCUT2D eigenvalue weighted by Crippen LogP contribution is 2.43. The van der Waals surface area contributed by atoms with E-state index in [1.54, 1.807) is 0 Å². The number of unbranched alkanes of at least 4 members (excludes halogenated alkanes) is 16. The summed E-state index contributed by atoms with van der Waals surface area (Å²) in [5.74, 6) is -2.42. The minimum atomic E-state index is -4.72. The van der Waals surface area contributed by atoms with E-state index >= 15 is 0 Å². The Labute approximate surface area is 345 Å². The first-order valence-corrected chi connectivity index (χ1v) is 23.3. The second-order valence-electron chi connectivity index (χ2n) is 14.4. The summed E-state index contributed by atoms with van der Waals surface area (Å²) in [4.78, 5) is 46.0. The van der Waals surface area contributed by atoms with Gasteiger partial charge >= 0.3 is 25.7 Å². The van der Waals surface area contributed by atoms with Crippen LogP contribution < -0.4 is 5.73 Å². The normalized spacial score (nSPS) is 14.3. The first kappa shape index (κ1) is 54.2. The van der Waals surface area contributed by atoms with Crippen molar-refractivity contribution in [2.24, 2.45) is 5.73 Å². The third-order valence-electron chi connectivity index (χ3n) is 9.00. The Balaban J connectivity index is 4.39. The summed E-state index contributed by atoms with van der Waals surface area (Å²) in [6, 6.07) is -1.53. The fourth-order valence-corrected chi connectivity index (χ4v) is 6.36. The van der Waals surface area contributed by atoms with E-state index in [4.69, 9.17) is 24.8 Å². The zero-order valence-corrected chi connectivity index (χ0v) is 36.3. The molecule has 0 spiro atoms. The number of phosphoric acid groups is 1. The molecule has 0 amide bonds. The summed E-state index contributed by atoms with van der Waals surface area (Å²) >= 11 is 0. The van der Waals surface area contributed by atoms with Crippen molar-refractivity contribution in [1.29, 1.82) is 0 Å². The number of carbonyl (C=O) groups is 3. The standard InChI is InChI=1S/C45H78NO10P/c1-3-5-7-9-11-13-15-17-19-20-21-23-24-26-28-30-32-34-36-43(47)53-38-41(39-54-57(51,52)55-40-42(46)45(49)50)56-44(48)37-35-33-31-29-27-25-22-18-16-14-12-10-8-6-4-2/h6,8,12-15,18-20,22,41-42H,3-5,7,9-11,16-17,21,23-40,46H2,1-2H3,(H,49,50)(H,51,52)/b8-6-,14-12-,15-13-,20-19-,22-18-. The topological polar surface area (TPSA) is 172 Å². The lowest BCUT2D eigenvalue weighted by atomic mass is 10.1. The average Bonchev–Trinajstić information content (AvgIpc) is 3.19. The fraction of sp³-hybridized carbons (Fsp3) is 0.711. The largest absolute Gasteiger partial charge is 0.480 e. The fourth-order valence-electron chi connectivity index (χ4n) is 5.58. The van der Waals surface area contributed by atoms with Crippen LogP contribution in [0.25, 0.3) is 0 Å². The number of ether oxygens (including phenoxy) is 2. The third-order valence-corrected chi connectivity index (χ3v) is 9.95. The van der Waals surface area contributed by atoms with Gasteiger partial charge < -0.3 is 25.2 Å². The number of aliphatic carboxylic acids is 1. The minimum absolute atomic E-state index is 0.137. The van der Waals surface area contributed by atoms with Crippen LogP contribution in [0, 0.1) is 0 Å². The first-order valence-electron chi connectivity index (χ1n) is 21.8. The number of esters is 2. The highest BCUT2D eigenvalue weighted by Gasteiger charge is 2.28. The predicted octanol–water partition coefficient (Wildman–Crippen LogP) is 11.6. The van der Waals surface area contributed by atoms with Gasteiger partial charge in [0.2, 0.25) is 0 Å². The maximum atomic E-state index is 12.6. The molecule has 3 unspecified atom stereocenters. The van der Waals surface area contributed by atoms with E-state index in [1.807, 2.05) is 0 Å². The van der Waals surface area contributed by atoms with E-state index in [1.165, 1.54) is 44.9 Å². The molecule has 0 radical (unpaired) electrons. The van der Waals surface area contributed by atoms with Crippen molar-refractivity contribution in [3.05, 3.63) is 60.8 Å². The van der Waals surface area contributed by atoms with Crippen LogP contribution in [0.15, 0.2) is 60.8 Å². The van der Waals surface area contributed by atoms with E-state index in [9.17, 15) is 23.8 Å². The van der Waals surface area contributed by atoms with E-state index in [0.717, 1.165) is 89.9 Å². The molecule has 3 atom stereocenters. The number of rotatable bonds is 40. The quantitative estimate of drug-likeness (QED) is 0.0232. The molecule has 0 saturated heterocycles. The van der Waals surface area contributed by atoms with Crippen LogP contribution in [-0.2, 0) is 37.5 Å². The van der Waals surface area contributed by atoms with Crippen LogP contribution in [0.2, 0.25) is 0 Å². The molecule has 12 heteroatoms. The maximum absolute atomic E-state index is 12.6. The average molecular weight is 824 g/mol. The molecular weight excluding hydrogens is 745 g/mol. The number of allylic oxidation sites excluding steroid dienone is 10. The molecule has 0 aromatic carbocycles. The maximum Gasteiger partial charge on any atom is 0.472 e. The smallest absolute Gasteiger partial charge is 0.472 e. The minimum Gasteiger partial charge on any atom is -0.480 e. The summed E-state index contributed by atoms with van der Waals surface area (Å²) in [5.41, 5.74) is 5.33. The van der Waals surface area contributed by atoms with Crippen molar-refractivity contribution in [2.75, 3.05) is 19.8 Å². The van der Waals surface area contributed by atoms with Gasteiger partial charge in [-0.25, -0.2) is 4.57 Å². The lowest BCUT2D eigenvalue weighted by molar-refractivity contribution is -0.161. The summed E-state index contributed by atoms with van der Waals surface area (Å²) < 4.78 is 32.7. The van der Waals surface area contributed by atoms with Gasteiger partial charge in [-0.1, -0.05) is 145 Å². The number of carbonyl (C=O) groups excluding carboxylic acids is 2. The van der Waals surface area contributed by atoms with E-state index in [0.29, 0.717) is 12.8 Å². The molecule has 4 N–H and O–H groups in total. The summed E-state index contributed by atoms with van der Waals surface area (Å²) in [7, 11) is -4.72. The molecule has 0 heterocycles. The zero-order chi connectivity index (χ0) is 42.1. The molecule has 0 fully saturated rings. The molecule has 0 saturated carbocycles. The van der Waals surface area contributed by atoms with Gasteiger partial charge in [-0.3, -0.25) is 23.4 Å².